The molecule has 1 aliphatic heterocycles. The van der Waals surface area contributed by atoms with E-state index in [1.807, 2.05) is 0 Å². The second-order valence-corrected chi connectivity index (χ2v) is 9.66. The van der Waals surface area contributed by atoms with Gasteiger partial charge in [0.25, 0.3) is 0 Å². The summed E-state index contributed by atoms with van der Waals surface area (Å²) in [6.45, 7) is 1.51. The smallest absolute Gasteiger partial charge is 0.326 e. The lowest BCUT2D eigenvalue weighted by atomic mass is 10.0. The predicted molar refractivity (Wildman–Crippen MR) is 140 cm³/mol. The van der Waals surface area contributed by atoms with E-state index in [0.29, 0.717) is 17.5 Å². The van der Waals surface area contributed by atoms with Gasteiger partial charge >= 0.3 is 5.97 Å². The average molecular weight is 543 g/mol. The number of carbonyl (C=O) groups is 4. The van der Waals surface area contributed by atoms with Crippen molar-refractivity contribution in [3.05, 3.63) is 59.7 Å². The molecule has 1 fully saturated rings. The summed E-state index contributed by atoms with van der Waals surface area (Å²) in [5.74, 6) is -3.25. The first kappa shape index (κ1) is 29.4. The van der Waals surface area contributed by atoms with Crippen LogP contribution in [0.15, 0.2) is 48.5 Å². The molecule has 1 aliphatic rings. The first-order valence-electron chi connectivity index (χ1n) is 12.6. The fraction of sp³-hybridized carbons (Fsp3) is 0.407. The zero-order valence-corrected chi connectivity index (χ0v) is 21.5. The van der Waals surface area contributed by atoms with Gasteiger partial charge in [-0.25, -0.2) is 4.79 Å². The third-order valence-corrected chi connectivity index (χ3v) is 6.60. The Morgan fingerprint density at radius 2 is 1.46 bits per heavy atom. The normalized spacial score (nSPS) is 18.0. The summed E-state index contributed by atoms with van der Waals surface area (Å²) in [7, 11) is 0. The molecule has 12 heteroatoms. The number of nitrogens with zero attached hydrogens (tertiary/aromatic N) is 1. The van der Waals surface area contributed by atoms with Crippen molar-refractivity contribution in [3.63, 3.8) is 0 Å². The van der Waals surface area contributed by atoms with Gasteiger partial charge in [0.2, 0.25) is 17.7 Å². The molecule has 0 aliphatic carbocycles. The highest BCUT2D eigenvalue weighted by Crippen LogP contribution is 2.20. The fourth-order valence-corrected chi connectivity index (χ4v) is 4.46. The molecule has 0 saturated carbocycles. The Morgan fingerprint density at radius 1 is 0.923 bits per heavy atom. The van der Waals surface area contributed by atoms with Gasteiger partial charge in [-0.15, -0.1) is 0 Å². The molecule has 5 unspecified atom stereocenters. The predicted octanol–water partition coefficient (Wildman–Crippen LogP) is -0.364. The van der Waals surface area contributed by atoms with Gasteiger partial charge in [0.05, 0.1) is 12.1 Å². The number of aliphatic hydroxyl groups is 1. The van der Waals surface area contributed by atoms with Crippen LogP contribution in [0.5, 0.6) is 11.5 Å². The van der Waals surface area contributed by atoms with E-state index in [2.05, 4.69) is 10.6 Å². The molecule has 12 nitrogen and oxygen atoms in total. The van der Waals surface area contributed by atoms with Crippen molar-refractivity contribution in [2.45, 2.75) is 62.9 Å². The van der Waals surface area contributed by atoms with Crippen LogP contribution in [-0.4, -0.2) is 85.8 Å². The van der Waals surface area contributed by atoms with Crippen LogP contribution in [-0.2, 0) is 32.0 Å². The summed E-state index contributed by atoms with van der Waals surface area (Å²) >= 11 is 0. The van der Waals surface area contributed by atoms with Crippen LogP contribution >= 0.6 is 0 Å². The van der Waals surface area contributed by atoms with Gasteiger partial charge in [0.15, 0.2) is 0 Å². The number of carbonyl (C=O) groups excluding carboxylic acids is 3. The lowest BCUT2D eigenvalue weighted by Gasteiger charge is -2.29. The van der Waals surface area contributed by atoms with Crippen molar-refractivity contribution >= 4 is 23.7 Å². The largest absolute Gasteiger partial charge is 0.508 e. The number of aromatic hydroxyl groups is 2. The number of hydrogen-bond acceptors (Lipinski definition) is 8. The van der Waals surface area contributed by atoms with Crippen LogP contribution in [0.2, 0.25) is 0 Å². The molecule has 8 N–H and O–H groups in total. The van der Waals surface area contributed by atoms with E-state index in [1.165, 1.54) is 36.1 Å². The molecular weight excluding hydrogens is 508 g/mol. The van der Waals surface area contributed by atoms with Crippen LogP contribution in [0.1, 0.15) is 30.9 Å². The van der Waals surface area contributed by atoms with Crippen LogP contribution < -0.4 is 16.4 Å². The number of nitrogens with one attached hydrogen (secondary N) is 2. The molecule has 2 aromatic carbocycles. The van der Waals surface area contributed by atoms with Crippen LogP contribution in [0.25, 0.3) is 0 Å². The lowest BCUT2D eigenvalue weighted by Crippen LogP contribution is -2.60. The number of likely N-dealkylation sites (tertiary alicyclic amines) is 1. The van der Waals surface area contributed by atoms with Crippen LogP contribution in [0.3, 0.4) is 0 Å². The monoisotopic (exact) mass is 542 g/mol. The van der Waals surface area contributed by atoms with Gasteiger partial charge in [-0.05, 0) is 61.6 Å². The Bertz CT molecular complexity index is 1170. The Morgan fingerprint density at radius 3 is 1.97 bits per heavy atom. The molecule has 0 radical (unpaired) electrons. The maximum Gasteiger partial charge on any atom is 0.326 e. The third kappa shape index (κ3) is 7.91. The highest BCUT2D eigenvalue weighted by Gasteiger charge is 2.39. The number of benzene rings is 2. The Balaban J connectivity index is 1.75. The molecule has 39 heavy (non-hydrogen) atoms. The second kappa shape index (κ2) is 13.1. The Labute approximate surface area is 225 Å². The van der Waals surface area contributed by atoms with E-state index >= 15 is 0 Å². The first-order valence-corrected chi connectivity index (χ1v) is 12.6. The lowest BCUT2D eigenvalue weighted by molar-refractivity contribution is -0.149. The zero-order chi connectivity index (χ0) is 28.7. The number of phenolic OH excluding ortho intramolecular Hbond substituents is 2. The number of phenols is 2. The van der Waals surface area contributed by atoms with Crippen molar-refractivity contribution < 1.29 is 39.6 Å². The standard InChI is InChI=1S/C27H34N4O8/c1-15(32)23(30-24(35)20(28)13-16-4-8-18(33)9-5-16)25(36)29-21(14-17-6-10-19(34)11-7-17)26(37)31-12-2-3-22(31)27(38)39/h4-11,15,20-23,32-34H,2-3,12-14,28H2,1H3,(H,29,36)(H,30,35)(H,38,39). The van der Waals surface area contributed by atoms with E-state index in [4.69, 9.17) is 5.73 Å². The maximum atomic E-state index is 13.4. The van der Waals surface area contributed by atoms with Gasteiger partial charge in [-0.1, -0.05) is 24.3 Å². The quantitative estimate of drug-likeness (QED) is 0.198. The number of aliphatic hydroxyl groups excluding tert-OH is 1. The molecule has 0 spiro atoms. The highest BCUT2D eigenvalue weighted by atomic mass is 16.4. The highest BCUT2D eigenvalue weighted by molar-refractivity contribution is 5.94. The minimum atomic E-state index is -1.45. The molecule has 0 bridgehead atoms. The minimum absolute atomic E-state index is 0.0108. The molecule has 1 saturated heterocycles. The van der Waals surface area contributed by atoms with E-state index in [-0.39, 0.29) is 37.3 Å². The summed E-state index contributed by atoms with van der Waals surface area (Å²) in [5, 5.41) is 43.8. The Kier molecular flexibility index (Phi) is 9.85. The number of carboxylic acid groups (broad SMARTS) is 1. The van der Waals surface area contributed by atoms with Crippen LogP contribution in [0.4, 0.5) is 0 Å². The molecule has 2 aromatic rings. The molecule has 0 aromatic heterocycles. The zero-order valence-electron chi connectivity index (χ0n) is 21.5. The molecule has 5 atom stereocenters. The summed E-state index contributed by atoms with van der Waals surface area (Å²) in [4.78, 5) is 52.3. The summed E-state index contributed by atoms with van der Waals surface area (Å²) in [6.07, 6.45) is -0.486. The third-order valence-electron chi connectivity index (χ3n) is 6.60. The van der Waals surface area contributed by atoms with Crippen molar-refractivity contribution in [1.29, 1.82) is 0 Å². The minimum Gasteiger partial charge on any atom is -0.508 e. The maximum absolute atomic E-state index is 13.4. The summed E-state index contributed by atoms with van der Waals surface area (Å²) < 4.78 is 0. The molecular formula is C27H34N4O8. The molecule has 210 valence electrons. The molecule has 1 heterocycles. The van der Waals surface area contributed by atoms with Crippen LogP contribution in [0, 0.1) is 0 Å². The number of hydrogen-bond donors (Lipinski definition) is 7. The van der Waals surface area contributed by atoms with Gasteiger partial charge in [-0.3, -0.25) is 14.4 Å². The van der Waals surface area contributed by atoms with Gasteiger partial charge in [0.1, 0.15) is 29.6 Å². The fourth-order valence-electron chi connectivity index (χ4n) is 4.46. The van der Waals surface area contributed by atoms with Crippen molar-refractivity contribution in [2.75, 3.05) is 6.54 Å². The van der Waals surface area contributed by atoms with Crippen molar-refractivity contribution in [2.24, 2.45) is 5.73 Å². The second-order valence-electron chi connectivity index (χ2n) is 9.66. The summed E-state index contributed by atoms with van der Waals surface area (Å²) in [5.41, 5.74) is 7.26. The van der Waals surface area contributed by atoms with Crippen molar-refractivity contribution in [1.82, 2.24) is 15.5 Å². The van der Waals surface area contributed by atoms with Gasteiger partial charge in [0, 0.05) is 13.0 Å². The van der Waals surface area contributed by atoms with E-state index in [9.17, 15) is 39.6 Å². The number of aliphatic carboxylic acids is 1. The summed E-state index contributed by atoms with van der Waals surface area (Å²) in [6, 6.07) is 7.32. The Hall–Kier alpha value is -4.16. The number of rotatable bonds is 11. The van der Waals surface area contributed by atoms with Gasteiger partial charge in [-0.2, -0.15) is 0 Å². The van der Waals surface area contributed by atoms with E-state index in [0.717, 1.165) is 0 Å². The van der Waals surface area contributed by atoms with E-state index in [1.54, 1.807) is 24.3 Å². The average Bonchev–Trinajstić information content (AvgIpc) is 3.39. The molecule has 3 rings (SSSR count). The van der Waals surface area contributed by atoms with Gasteiger partial charge < -0.3 is 41.7 Å². The topological polar surface area (TPSA) is 203 Å². The first-order chi connectivity index (χ1) is 18.5. The SMILES string of the molecule is CC(O)C(NC(=O)C(N)Cc1ccc(O)cc1)C(=O)NC(Cc1ccc(O)cc1)C(=O)N1CCCC1C(=O)O. The molecule has 3 amide bonds. The number of carboxylic acids is 1. The number of amides is 3. The van der Waals surface area contributed by atoms with Crippen molar-refractivity contribution in [3.8, 4) is 11.5 Å². The number of nitrogens with two attached hydrogens (primary N) is 1. The van der Waals surface area contributed by atoms with E-state index < -0.39 is 54.0 Å².